The van der Waals surface area contributed by atoms with Gasteiger partial charge in [0.05, 0.1) is 5.71 Å². The fourth-order valence-electron chi connectivity index (χ4n) is 3.14. The molecule has 1 fully saturated rings. The number of carbonyl (C=O) groups excluding carboxylic acids is 2. The fraction of sp³-hybridized carbons (Fsp3) is 0.667. The molecule has 8 heteroatoms. The summed E-state index contributed by atoms with van der Waals surface area (Å²) in [5.41, 5.74) is 2.28. The van der Waals surface area contributed by atoms with Crippen LogP contribution in [-0.2, 0) is 9.63 Å². The smallest absolute Gasteiger partial charge is 0.274 e. The summed E-state index contributed by atoms with van der Waals surface area (Å²) in [5, 5.41) is 14.0. The number of aromatic nitrogens is 2. The van der Waals surface area contributed by atoms with E-state index in [2.05, 4.69) is 20.7 Å². The van der Waals surface area contributed by atoms with E-state index >= 15 is 0 Å². The van der Waals surface area contributed by atoms with Gasteiger partial charge < -0.3 is 15.1 Å². The molecule has 1 aromatic heterocycles. The van der Waals surface area contributed by atoms with Gasteiger partial charge in [0.2, 0.25) is 6.10 Å². The lowest BCUT2D eigenvalue weighted by Gasteiger charge is -2.17. The number of hydrogen-bond acceptors (Lipinski definition) is 5. The highest BCUT2D eigenvalue weighted by Crippen LogP contribution is 2.19. The van der Waals surface area contributed by atoms with E-state index in [0.717, 1.165) is 17.8 Å². The van der Waals surface area contributed by atoms with Gasteiger partial charge in [-0.1, -0.05) is 32.9 Å². The summed E-state index contributed by atoms with van der Waals surface area (Å²) < 4.78 is 0. The van der Waals surface area contributed by atoms with Crippen molar-refractivity contribution in [2.45, 2.75) is 58.6 Å². The number of amides is 2. The molecule has 2 aliphatic heterocycles. The van der Waals surface area contributed by atoms with Gasteiger partial charge in [0.25, 0.3) is 11.8 Å². The van der Waals surface area contributed by atoms with Crippen LogP contribution in [0.3, 0.4) is 0 Å². The van der Waals surface area contributed by atoms with Crippen molar-refractivity contribution in [3.8, 4) is 0 Å². The maximum Gasteiger partial charge on any atom is 0.274 e. The monoisotopic (exact) mass is 361 g/mol. The highest BCUT2D eigenvalue weighted by Gasteiger charge is 2.34. The molecule has 3 heterocycles. The number of H-pyrrole nitrogens is 1. The molecule has 3 rings (SSSR count). The standard InChI is InChI=1S/C18H27N5O3/c1-10(2)13-7-15(21-20-13)18(25)23-6-5-12(9-23)19-17(24)16-8-14(11(3)4)22-26-16/h7,10-12,16H,5-6,8-9H2,1-4H3,(H,19,24)(H,20,21). The highest BCUT2D eigenvalue weighted by molar-refractivity contribution is 5.94. The topological polar surface area (TPSA) is 99.7 Å². The Morgan fingerprint density at radius 1 is 1.31 bits per heavy atom. The summed E-state index contributed by atoms with van der Waals surface area (Å²) in [7, 11) is 0. The molecule has 0 aliphatic carbocycles. The predicted octanol–water partition coefficient (Wildman–Crippen LogP) is 1.66. The van der Waals surface area contributed by atoms with Crippen LogP contribution in [0.2, 0.25) is 0 Å². The molecule has 8 nitrogen and oxygen atoms in total. The van der Waals surface area contributed by atoms with Gasteiger partial charge in [-0.3, -0.25) is 14.7 Å². The van der Waals surface area contributed by atoms with Crippen molar-refractivity contribution >= 4 is 17.5 Å². The second-order valence-electron chi connectivity index (χ2n) is 7.64. The van der Waals surface area contributed by atoms with Crippen molar-refractivity contribution < 1.29 is 14.4 Å². The Morgan fingerprint density at radius 3 is 2.69 bits per heavy atom. The lowest BCUT2D eigenvalue weighted by Crippen LogP contribution is -2.43. The van der Waals surface area contributed by atoms with Gasteiger partial charge >= 0.3 is 0 Å². The lowest BCUT2D eigenvalue weighted by atomic mass is 10.0. The van der Waals surface area contributed by atoms with E-state index in [4.69, 9.17) is 4.84 Å². The maximum atomic E-state index is 12.6. The Morgan fingerprint density at radius 2 is 2.08 bits per heavy atom. The van der Waals surface area contributed by atoms with Crippen molar-refractivity contribution in [1.29, 1.82) is 0 Å². The minimum Gasteiger partial charge on any atom is -0.382 e. The van der Waals surface area contributed by atoms with E-state index in [1.807, 2.05) is 27.7 Å². The zero-order valence-corrected chi connectivity index (χ0v) is 15.8. The van der Waals surface area contributed by atoms with Crippen LogP contribution in [0.4, 0.5) is 0 Å². The maximum absolute atomic E-state index is 12.6. The average Bonchev–Trinajstić information content (AvgIpc) is 3.33. The van der Waals surface area contributed by atoms with E-state index < -0.39 is 6.10 Å². The van der Waals surface area contributed by atoms with Crippen LogP contribution >= 0.6 is 0 Å². The molecule has 0 radical (unpaired) electrons. The molecule has 2 amide bonds. The molecule has 0 saturated carbocycles. The number of aromatic amines is 1. The SMILES string of the molecule is CC(C)C1=NOC(C(=O)NC2CCN(C(=O)c3cc(C(C)C)[nH]n3)C2)C1. The first-order chi connectivity index (χ1) is 12.3. The van der Waals surface area contributed by atoms with Crippen LogP contribution < -0.4 is 5.32 Å². The molecule has 1 aromatic rings. The number of rotatable bonds is 5. The molecule has 142 valence electrons. The number of oxime groups is 1. The molecule has 2 N–H and O–H groups in total. The molecule has 0 bridgehead atoms. The summed E-state index contributed by atoms with van der Waals surface area (Å²) in [4.78, 5) is 31.9. The van der Waals surface area contributed by atoms with Gasteiger partial charge in [0.1, 0.15) is 5.69 Å². The van der Waals surface area contributed by atoms with Crippen molar-refractivity contribution in [2.75, 3.05) is 13.1 Å². The molecule has 0 aromatic carbocycles. The molecule has 2 aliphatic rings. The van der Waals surface area contributed by atoms with Crippen molar-refractivity contribution in [3.63, 3.8) is 0 Å². The fourth-order valence-corrected chi connectivity index (χ4v) is 3.14. The van der Waals surface area contributed by atoms with E-state index in [-0.39, 0.29) is 23.8 Å². The van der Waals surface area contributed by atoms with Crippen LogP contribution in [0, 0.1) is 5.92 Å². The van der Waals surface area contributed by atoms with Crippen LogP contribution in [0.5, 0.6) is 0 Å². The number of nitrogens with one attached hydrogen (secondary N) is 2. The zero-order chi connectivity index (χ0) is 18.8. The second kappa shape index (κ2) is 7.47. The van der Waals surface area contributed by atoms with Crippen LogP contribution in [0.1, 0.15) is 62.6 Å². The molecular weight excluding hydrogens is 334 g/mol. The van der Waals surface area contributed by atoms with E-state index in [9.17, 15) is 9.59 Å². The minimum atomic E-state index is -0.558. The first kappa shape index (κ1) is 18.4. The quantitative estimate of drug-likeness (QED) is 0.833. The largest absolute Gasteiger partial charge is 0.382 e. The van der Waals surface area contributed by atoms with Gasteiger partial charge in [-0.15, -0.1) is 0 Å². The third-order valence-corrected chi connectivity index (χ3v) is 4.91. The second-order valence-corrected chi connectivity index (χ2v) is 7.64. The van der Waals surface area contributed by atoms with Crippen LogP contribution in [0.15, 0.2) is 11.2 Å². The average molecular weight is 361 g/mol. The van der Waals surface area contributed by atoms with E-state index in [1.54, 1.807) is 11.0 Å². The van der Waals surface area contributed by atoms with Crippen molar-refractivity contribution in [2.24, 2.45) is 11.1 Å². The lowest BCUT2D eigenvalue weighted by molar-refractivity contribution is -0.131. The first-order valence-corrected chi connectivity index (χ1v) is 9.22. The third kappa shape index (κ3) is 3.89. The van der Waals surface area contributed by atoms with Crippen molar-refractivity contribution in [1.82, 2.24) is 20.4 Å². The summed E-state index contributed by atoms with van der Waals surface area (Å²) in [6, 6.07) is 1.73. The third-order valence-electron chi connectivity index (χ3n) is 4.91. The highest BCUT2D eigenvalue weighted by atomic mass is 16.6. The normalized spacial score (nSPS) is 22.7. The van der Waals surface area contributed by atoms with Crippen LogP contribution in [0.25, 0.3) is 0 Å². The van der Waals surface area contributed by atoms with E-state index in [0.29, 0.717) is 31.1 Å². The molecule has 2 atom stereocenters. The van der Waals surface area contributed by atoms with Gasteiger partial charge in [0, 0.05) is 31.2 Å². The van der Waals surface area contributed by atoms with Gasteiger partial charge in [-0.2, -0.15) is 5.10 Å². The number of carbonyl (C=O) groups is 2. The van der Waals surface area contributed by atoms with Crippen LogP contribution in [-0.4, -0.2) is 57.9 Å². The number of likely N-dealkylation sites (tertiary alicyclic amines) is 1. The van der Waals surface area contributed by atoms with Crippen molar-refractivity contribution in [3.05, 3.63) is 17.5 Å². The Kier molecular flexibility index (Phi) is 5.29. The first-order valence-electron chi connectivity index (χ1n) is 9.22. The minimum absolute atomic E-state index is 0.0679. The van der Waals surface area contributed by atoms with Gasteiger partial charge in [0.15, 0.2) is 0 Å². The Bertz CT molecular complexity index is 709. The number of nitrogens with zero attached hydrogens (tertiary/aromatic N) is 3. The van der Waals surface area contributed by atoms with Gasteiger partial charge in [-0.05, 0) is 24.3 Å². The summed E-state index contributed by atoms with van der Waals surface area (Å²) >= 11 is 0. The summed E-state index contributed by atoms with van der Waals surface area (Å²) in [6.45, 7) is 9.24. The zero-order valence-electron chi connectivity index (χ0n) is 15.8. The summed E-state index contributed by atoms with van der Waals surface area (Å²) in [5.74, 6) is 0.300. The summed E-state index contributed by atoms with van der Waals surface area (Å²) in [6.07, 6.45) is 0.699. The molecular formula is C18H27N5O3. The Balaban J connectivity index is 1.50. The Labute approximate surface area is 153 Å². The van der Waals surface area contributed by atoms with Gasteiger partial charge in [-0.25, -0.2) is 0 Å². The predicted molar refractivity (Wildman–Crippen MR) is 96.9 cm³/mol. The Hall–Kier alpha value is -2.38. The van der Waals surface area contributed by atoms with E-state index in [1.165, 1.54) is 0 Å². The molecule has 0 spiro atoms. The molecule has 26 heavy (non-hydrogen) atoms. The molecule has 1 saturated heterocycles. The number of hydrogen-bond donors (Lipinski definition) is 2. The molecule has 2 unspecified atom stereocenters.